The van der Waals surface area contributed by atoms with Crippen molar-refractivity contribution in [2.24, 2.45) is 5.73 Å². The summed E-state index contributed by atoms with van der Waals surface area (Å²) < 4.78 is 5.73. The maximum absolute atomic E-state index is 12.8. The van der Waals surface area contributed by atoms with Gasteiger partial charge in [-0.25, -0.2) is 9.59 Å². The minimum Gasteiger partial charge on any atom is -0.478 e. The molecule has 0 heterocycles. The van der Waals surface area contributed by atoms with Crippen molar-refractivity contribution in [3.63, 3.8) is 0 Å². The van der Waals surface area contributed by atoms with E-state index in [4.69, 9.17) is 15.6 Å². The smallest absolute Gasteiger partial charge is 0.410 e. The number of rotatable bonds is 7. The molecule has 3 aromatic rings. The van der Waals surface area contributed by atoms with Crippen LogP contribution >= 0.6 is 0 Å². The summed E-state index contributed by atoms with van der Waals surface area (Å²) in [6.45, 7) is 1.19. The molecule has 0 aromatic heterocycles. The van der Waals surface area contributed by atoms with Gasteiger partial charge in [0.1, 0.15) is 6.61 Å². The standard InChI is InChI=1S/C25H24N2O4/c26-13-14-27(15-17-9-11-18(12-10-17)24(28)29)25(30)31-16-23-21-7-3-1-5-19(21)20-6-2-4-8-22(20)23/h1-12,23H,13-16,26H2,(H,28,29). The molecule has 6 nitrogen and oxygen atoms in total. The van der Waals surface area contributed by atoms with Gasteiger partial charge < -0.3 is 20.5 Å². The van der Waals surface area contributed by atoms with Crippen molar-refractivity contribution >= 4 is 12.1 Å². The fraction of sp³-hybridized carbons (Fsp3) is 0.200. The van der Waals surface area contributed by atoms with E-state index in [1.54, 1.807) is 17.0 Å². The molecule has 0 saturated heterocycles. The van der Waals surface area contributed by atoms with E-state index in [0.717, 1.165) is 16.7 Å². The largest absolute Gasteiger partial charge is 0.478 e. The van der Waals surface area contributed by atoms with Crippen molar-refractivity contribution < 1.29 is 19.4 Å². The number of amides is 1. The zero-order valence-electron chi connectivity index (χ0n) is 17.0. The molecule has 0 radical (unpaired) electrons. The van der Waals surface area contributed by atoms with Gasteiger partial charge in [-0.05, 0) is 39.9 Å². The molecule has 0 saturated carbocycles. The lowest BCUT2D eigenvalue weighted by Crippen LogP contribution is -2.36. The first-order chi connectivity index (χ1) is 15.1. The molecule has 31 heavy (non-hydrogen) atoms. The highest BCUT2D eigenvalue weighted by molar-refractivity contribution is 5.87. The topological polar surface area (TPSA) is 92.9 Å². The van der Waals surface area contributed by atoms with Gasteiger partial charge in [-0.2, -0.15) is 0 Å². The number of carboxylic acids is 1. The Bertz CT molecular complexity index is 1050. The number of hydrogen-bond donors (Lipinski definition) is 2. The number of nitrogens with zero attached hydrogens (tertiary/aromatic N) is 1. The van der Waals surface area contributed by atoms with Crippen LogP contribution in [0.15, 0.2) is 72.8 Å². The molecule has 0 bridgehead atoms. The van der Waals surface area contributed by atoms with Crippen LogP contribution in [0.5, 0.6) is 0 Å². The molecule has 6 heteroatoms. The molecule has 0 spiro atoms. The molecule has 1 amide bonds. The van der Waals surface area contributed by atoms with Crippen LogP contribution in [0.1, 0.15) is 33.0 Å². The van der Waals surface area contributed by atoms with E-state index in [-0.39, 0.29) is 18.1 Å². The molecule has 3 N–H and O–H groups in total. The van der Waals surface area contributed by atoms with Gasteiger partial charge >= 0.3 is 12.1 Å². The van der Waals surface area contributed by atoms with Gasteiger partial charge in [-0.1, -0.05) is 60.7 Å². The second kappa shape index (κ2) is 9.02. The molecule has 158 valence electrons. The summed E-state index contributed by atoms with van der Waals surface area (Å²) in [6.07, 6.45) is -0.436. The Balaban J connectivity index is 1.47. The number of carboxylic acid groups (broad SMARTS) is 1. The number of carbonyl (C=O) groups is 2. The van der Waals surface area contributed by atoms with Crippen molar-refractivity contribution in [1.82, 2.24) is 4.90 Å². The molecule has 0 aliphatic heterocycles. The summed E-state index contributed by atoms with van der Waals surface area (Å²) >= 11 is 0. The van der Waals surface area contributed by atoms with E-state index in [9.17, 15) is 9.59 Å². The first kappa shape index (κ1) is 20.6. The molecule has 0 atom stereocenters. The maximum Gasteiger partial charge on any atom is 0.410 e. The van der Waals surface area contributed by atoms with E-state index >= 15 is 0 Å². The summed E-state index contributed by atoms with van der Waals surface area (Å²) in [7, 11) is 0. The average Bonchev–Trinajstić information content (AvgIpc) is 3.11. The predicted octanol–water partition coefficient (Wildman–Crippen LogP) is 4.09. The van der Waals surface area contributed by atoms with Gasteiger partial charge in [0.05, 0.1) is 5.56 Å². The Labute approximate surface area is 180 Å². The fourth-order valence-electron chi connectivity index (χ4n) is 4.05. The fourth-order valence-corrected chi connectivity index (χ4v) is 4.05. The van der Waals surface area contributed by atoms with Gasteiger partial charge in [-0.15, -0.1) is 0 Å². The lowest BCUT2D eigenvalue weighted by molar-refractivity contribution is 0.0696. The van der Waals surface area contributed by atoms with Crippen molar-refractivity contribution in [2.75, 3.05) is 19.7 Å². The summed E-state index contributed by atoms with van der Waals surface area (Å²) in [5, 5.41) is 9.04. The van der Waals surface area contributed by atoms with Gasteiger partial charge in [0.2, 0.25) is 0 Å². The summed E-state index contributed by atoms with van der Waals surface area (Å²) in [5.41, 5.74) is 11.4. The number of benzene rings is 3. The normalized spacial score (nSPS) is 12.2. The molecular formula is C25H24N2O4. The summed E-state index contributed by atoms with van der Waals surface area (Å²) in [5.74, 6) is -0.993. The first-order valence-corrected chi connectivity index (χ1v) is 10.2. The number of aromatic carboxylic acids is 1. The number of fused-ring (bicyclic) bond motifs is 3. The number of nitrogens with two attached hydrogens (primary N) is 1. The van der Waals surface area contributed by atoms with Gasteiger partial charge in [0, 0.05) is 25.6 Å². The van der Waals surface area contributed by atoms with E-state index in [1.165, 1.54) is 23.3 Å². The Morgan fingerprint density at radius 2 is 1.48 bits per heavy atom. The Morgan fingerprint density at radius 3 is 2.03 bits per heavy atom. The van der Waals surface area contributed by atoms with Gasteiger partial charge in [-0.3, -0.25) is 0 Å². The quantitative estimate of drug-likeness (QED) is 0.605. The third-order valence-electron chi connectivity index (χ3n) is 5.57. The first-order valence-electron chi connectivity index (χ1n) is 10.2. The number of hydrogen-bond acceptors (Lipinski definition) is 4. The Hall–Kier alpha value is -3.64. The summed E-state index contributed by atoms with van der Waals surface area (Å²) in [4.78, 5) is 25.4. The Kier molecular flexibility index (Phi) is 6.00. The van der Waals surface area contributed by atoms with Crippen LogP contribution < -0.4 is 5.73 Å². The number of ether oxygens (including phenoxy) is 1. The van der Waals surface area contributed by atoms with Crippen LogP contribution in [-0.4, -0.2) is 41.8 Å². The minimum atomic E-state index is -0.984. The van der Waals surface area contributed by atoms with Crippen molar-refractivity contribution in [2.45, 2.75) is 12.5 Å². The molecule has 0 unspecified atom stereocenters. The molecule has 1 aliphatic carbocycles. The Morgan fingerprint density at radius 1 is 0.903 bits per heavy atom. The number of carbonyl (C=O) groups excluding carboxylic acids is 1. The molecule has 3 aromatic carbocycles. The SMILES string of the molecule is NCCN(Cc1ccc(C(=O)O)cc1)C(=O)OCC1c2ccccc2-c2ccccc21. The molecular weight excluding hydrogens is 392 g/mol. The molecule has 4 rings (SSSR count). The third kappa shape index (κ3) is 4.29. The van der Waals surface area contributed by atoms with Crippen LogP contribution in [0.3, 0.4) is 0 Å². The van der Waals surface area contributed by atoms with E-state index in [2.05, 4.69) is 24.3 Å². The lowest BCUT2D eigenvalue weighted by Gasteiger charge is -2.23. The molecule has 0 fully saturated rings. The highest BCUT2D eigenvalue weighted by Gasteiger charge is 2.29. The second-order valence-corrected chi connectivity index (χ2v) is 7.52. The van der Waals surface area contributed by atoms with Crippen molar-refractivity contribution in [3.05, 3.63) is 95.1 Å². The highest BCUT2D eigenvalue weighted by atomic mass is 16.6. The highest BCUT2D eigenvalue weighted by Crippen LogP contribution is 2.44. The van der Waals surface area contributed by atoms with Crippen LogP contribution in [0.4, 0.5) is 4.79 Å². The van der Waals surface area contributed by atoms with E-state index in [0.29, 0.717) is 19.6 Å². The van der Waals surface area contributed by atoms with Crippen molar-refractivity contribution in [3.8, 4) is 11.1 Å². The molecule has 1 aliphatic rings. The zero-order valence-corrected chi connectivity index (χ0v) is 17.0. The van der Waals surface area contributed by atoms with Crippen LogP contribution in [-0.2, 0) is 11.3 Å². The third-order valence-corrected chi connectivity index (χ3v) is 5.57. The van der Waals surface area contributed by atoms with Crippen LogP contribution in [0.25, 0.3) is 11.1 Å². The van der Waals surface area contributed by atoms with Gasteiger partial charge in [0.15, 0.2) is 0 Å². The lowest BCUT2D eigenvalue weighted by atomic mass is 9.98. The van der Waals surface area contributed by atoms with Crippen LogP contribution in [0, 0.1) is 0 Å². The summed E-state index contributed by atoms with van der Waals surface area (Å²) in [6, 6.07) is 22.8. The second-order valence-electron chi connectivity index (χ2n) is 7.52. The van der Waals surface area contributed by atoms with Crippen molar-refractivity contribution in [1.29, 1.82) is 0 Å². The zero-order chi connectivity index (χ0) is 21.8. The van der Waals surface area contributed by atoms with E-state index in [1.807, 2.05) is 24.3 Å². The maximum atomic E-state index is 12.8. The predicted molar refractivity (Wildman–Crippen MR) is 118 cm³/mol. The minimum absolute atomic E-state index is 0.00840. The average molecular weight is 416 g/mol. The van der Waals surface area contributed by atoms with E-state index < -0.39 is 12.1 Å². The monoisotopic (exact) mass is 416 g/mol. The van der Waals surface area contributed by atoms with Crippen LogP contribution in [0.2, 0.25) is 0 Å². The van der Waals surface area contributed by atoms with Gasteiger partial charge in [0.25, 0.3) is 0 Å².